The monoisotopic (exact) mass is 310 g/mol. The third-order valence-electron chi connectivity index (χ3n) is 2.49. The van der Waals surface area contributed by atoms with Crippen molar-refractivity contribution >= 4 is 38.6 Å². The molecule has 0 saturated carbocycles. The lowest BCUT2D eigenvalue weighted by atomic mass is 10.2. The van der Waals surface area contributed by atoms with Gasteiger partial charge < -0.3 is 10.2 Å². The van der Waals surface area contributed by atoms with Crippen LogP contribution in [0, 0.1) is 0 Å². The molecule has 4 heteroatoms. The fraction of sp³-hybridized carbons (Fsp3) is 0.231. The summed E-state index contributed by atoms with van der Waals surface area (Å²) in [6, 6.07) is 10.5. The van der Waals surface area contributed by atoms with Crippen LogP contribution in [0.25, 0.3) is 0 Å². The summed E-state index contributed by atoms with van der Waals surface area (Å²) in [5.41, 5.74) is 3.68. The standard InChI is InChI=1S/C13H15BrN2S/c1-16(2)12-6-4-3-5-11(12)15-8-10-7-13(14)17-9-10/h3-7,9,15H,8H2,1-2H3. The summed E-state index contributed by atoms with van der Waals surface area (Å²) in [7, 11) is 4.11. The van der Waals surface area contributed by atoms with Crippen molar-refractivity contribution in [2.45, 2.75) is 6.54 Å². The molecule has 0 aliphatic rings. The molecular weight excluding hydrogens is 296 g/mol. The summed E-state index contributed by atoms with van der Waals surface area (Å²) in [5, 5.41) is 5.63. The van der Waals surface area contributed by atoms with E-state index in [0.29, 0.717) is 0 Å². The lowest BCUT2D eigenvalue weighted by Crippen LogP contribution is -2.11. The Morgan fingerprint density at radius 2 is 2.06 bits per heavy atom. The van der Waals surface area contributed by atoms with E-state index in [0.717, 1.165) is 6.54 Å². The van der Waals surface area contributed by atoms with Crippen LogP contribution in [0.15, 0.2) is 39.5 Å². The van der Waals surface area contributed by atoms with E-state index in [4.69, 9.17) is 0 Å². The number of para-hydroxylation sites is 2. The maximum atomic E-state index is 3.48. The van der Waals surface area contributed by atoms with Crippen LogP contribution in [-0.4, -0.2) is 14.1 Å². The second-order valence-electron chi connectivity index (χ2n) is 4.02. The van der Waals surface area contributed by atoms with Crippen molar-refractivity contribution in [1.29, 1.82) is 0 Å². The third kappa shape index (κ3) is 3.23. The second kappa shape index (κ2) is 5.56. The van der Waals surface area contributed by atoms with Crippen LogP contribution >= 0.6 is 27.3 Å². The number of benzene rings is 1. The van der Waals surface area contributed by atoms with E-state index in [1.54, 1.807) is 11.3 Å². The van der Waals surface area contributed by atoms with Gasteiger partial charge in [-0.05, 0) is 45.1 Å². The molecule has 1 aromatic carbocycles. The topological polar surface area (TPSA) is 15.3 Å². The van der Waals surface area contributed by atoms with Gasteiger partial charge in [0.2, 0.25) is 0 Å². The van der Waals surface area contributed by atoms with Crippen LogP contribution in [0.1, 0.15) is 5.56 Å². The quantitative estimate of drug-likeness (QED) is 0.911. The van der Waals surface area contributed by atoms with Gasteiger partial charge in [0.05, 0.1) is 15.2 Å². The zero-order chi connectivity index (χ0) is 12.3. The molecule has 1 heterocycles. The van der Waals surface area contributed by atoms with E-state index < -0.39 is 0 Å². The highest BCUT2D eigenvalue weighted by Gasteiger charge is 2.03. The smallest absolute Gasteiger partial charge is 0.0701 e. The predicted octanol–water partition coefficient (Wildman–Crippen LogP) is 4.19. The number of nitrogens with one attached hydrogen (secondary N) is 1. The van der Waals surface area contributed by atoms with Crippen LogP contribution in [0.2, 0.25) is 0 Å². The average Bonchev–Trinajstić information content (AvgIpc) is 2.73. The minimum Gasteiger partial charge on any atom is -0.379 e. The van der Waals surface area contributed by atoms with Gasteiger partial charge in [-0.2, -0.15) is 0 Å². The molecule has 0 aliphatic heterocycles. The summed E-state index contributed by atoms with van der Waals surface area (Å²) in [5.74, 6) is 0. The molecule has 0 aliphatic carbocycles. The largest absolute Gasteiger partial charge is 0.379 e. The van der Waals surface area contributed by atoms with Crippen molar-refractivity contribution in [3.8, 4) is 0 Å². The Morgan fingerprint density at radius 3 is 2.71 bits per heavy atom. The molecule has 2 nitrogen and oxygen atoms in total. The number of thiophene rings is 1. The van der Waals surface area contributed by atoms with Crippen molar-refractivity contribution in [3.63, 3.8) is 0 Å². The number of halogens is 1. The van der Waals surface area contributed by atoms with Crippen LogP contribution in [-0.2, 0) is 6.54 Å². The predicted molar refractivity (Wildman–Crippen MR) is 80.1 cm³/mol. The zero-order valence-corrected chi connectivity index (χ0v) is 12.3. The molecule has 1 aromatic heterocycles. The van der Waals surface area contributed by atoms with E-state index in [1.165, 1.54) is 20.7 Å². The van der Waals surface area contributed by atoms with Crippen LogP contribution in [0.3, 0.4) is 0 Å². The Kier molecular flexibility index (Phi) is 4.07. The van der Waals surface area contributed by atoms with Crippen molar-refractivity contribution in [2.75, 3.05) is 24.3 Å². The van der Waals surface area contributed by atoms with Crippen molar-refractivity contribution < 1.29 is 0 Å². The van der Waals surface area contributed by atoms with Gasteiger partial charge in [-0.25, -0.2) is 0 Å². The Labute approximate surface area is 114 Å². The molecule has 0 radical (unpaired) electrons. The highest BCUT2D eigenvalue weighted by Crippen LogP contribution is 2.25. The van der Waals surface area contributed by atoms with Crippen molar-refractivity contribution in [1.82, 2.24) is 0 Å². The number of anilines is 2. The Hall–Kier alpha value is -1.00. The molecule has 2 rings (SSSR count). The van der Waals surface area contributed by atoms with Gasteiger partial charge in [-0.1, -0.05) is 12.1 Å². The molecule has 0 amide bonds. The van der Waals surface area contributed by atoms with E-state index in [9.17, 15) is 0 Å². The summed E-state index contributed by atoms with van der Waals surface area (Å²) in [6.07, 6.45) is 0. The molecule has 0 fully saturated rings. The minimum atomic E-state index is 0.854. The number of hydrogen-bond donors (Lipinski definition) is 1. The fourth-order valence-electron chi connectivity index (χ4n) is 1.65. The van der Waals surface area contributed by atoms with Crippen LogP contribution in [0.5, 0.6) is 0 Å². The number of nitrogens with zero attached hydrogens (tertiary/aromatic N) is 1. The highest BCUT2D eigenvalue weighted by molar-refractivity contribution is 9.11. The van der Waals surface area contributed by atoms with Crippen molar-refractivity contribution in [2.24, 2.45) is 0 Å². The molecule has 0 unspecified atom stereocenters. The average molecular weight is 311 g/mol. The molecule has 0 bridgehead atoms. The highest BCUT2D eigenvalue weighted by atomic mass is 79.9. The van der Waals surface area contributed by atoms with Crippen molar-refractivity contribution in [3.05, 3.63) is 45.1 Å². The van der Waals surface area contributed by atoms with Gasteiger partial charge in [0.25, 0.3) is 0 Å². The first-order chi connectivity index (χ1) is 8.16. The molecule has 2 aromatic rings. The Bertz CT molecular complexity index is 494. The molecule has 0 spiro atoms. The van der Waals surface area contributed by atoms with E-state index in [1.807, 2.05) is 0 Å². The molecule has 1 N–H and O–H groups in total. The van der Waals surface area contributed by atoms with Crippen LogP contribution < -0.4 is 10.2 Å². The van der Waals surface area contributed by atoms with Gasteiger partial charge >= 0.3 is 0 Å². The van der Waals surface area contributed by atoms with Gasteiger partial charge in [0, 0.05) is 20.6 Å². The van der Waals surface area contributed by atoms with E-state index in [2.05, 4.69) is 76.0 Å². The number of hydrogen-bond acceptors (Lipinski definition) is 3. The Morgan fingerprint density at radius 1 is 1.29 bits per heavy atom. The first kappa shape index (κ1) is 12.5. The SMILES string of the molecule is CN(C)c1ccccc1NCc1csc(Br)c1. The molecule has 90 valence electrons. The summed E-state index contributed by atoms with van der Waals surface area (Å²) < 4.78 is 1.18. The first-order valence-corrected chi connectivity index (χ1v) is 7.07. The van der Waals surface area contributed by atoms with E-state index >= 15 is 0 Å². The van der Waals surface area contributed by atoms with Gasteiger partial charge in [-0.15, -0.1) is 11.3 Å². The summed E-state index contributed by atoms with van der Waals surface area (Å²) in [6.45, 7) is 0.854. The minimum absolute atomic E-state index is 0.854. The summed E-state index contributed by atoms with van der Waals surface area (Å²) in [4.78, 5) is 2.12. The van der Waals surface area contributed by atoms with E-state index in [-0.39, 0.29) is 0 Å². The number of rotatable bonds is 4. The lowest BCUT2D eigenvalue weighted by Gasteiger charge is -2.18. The second-order valence-corrected chi connectivity index (χ2v) is 6.31. The third-order valence-corrected chi connectivity index (χ3v) is 4.04. The van der Waals surface area contributed by atoms with Gasteiger partial charge in [0.15, 0.2) is 0 Å². The molecule has 0 atom stereocenters. The molecule has 17 heavy (non-hydrogen) atoms. The molecule has 0 saturated heterocycles. The molecular formula is C13H15BrN2S. The van der Waals surface area contributed by atoms with Crippen LogP contribution in [0.4, 0.5) is 11.4 Å². The normalized spacial score (nSPS) is 10.3. The fourth-order valence-corrected chi connectivity index (χ4v) is 2.86. The van der Waals surface area contributed by atoms with Gasteiger partial charge in [0.1, 0.15) is 0 Å². The zero-order valence-electron chi connectivity index (χ0n) is 9.90. The van der Waals surface area contributed by atoms with Gasteiger partial charge in [-0.3, -0.25) is 0 Å². The maximum absolute atomic E-state index is 3.48. The lowest BCUT2D eigenvalue weighted by molar-refractivity contribution is 1.10. The maximum Gasteiger partial charge on any atom is 0.0701 e. The first-order valence-electron chi connectivity index (χ1n) is 5.40. The Balaban J connectivity index is 2.08. The summed E-state index contributed by atoms with van der Waals surface area (Å²) >= 11 is 5.19.